The van der Waals surface area contributed by atoms with Gasteiger partial charge in [-0.25, -0.2) is 0 Å². The molecule has 2 aliphatic rings. The van der Waals surface area contributed by atoms with Crippen molar-refractivity contribution in [1.82, 2.24) is 10.2 Å². The van der Waals surface area contributed by atoms with E-state index in [-0.39, 0.29) is 36.7 Å². The van der Waals surface area contributed by atoms with Crippen LogP contribution in [0.4, 0.5) is 0 Å². The Hall–Kier alpha value is -3.18. The van der Waals surface area contributed by atoms with Gasteiger partial charge in [-0.2, -0.15) is 0 Å². The fraction of sp³-hybridized carbons (Fsp3) is 0.516. The number of halogens is 1. The lowest BCUT2D eigenvalue weighted by atomic mass is 10.0. The monoisotopic (exact) mass is 603 g/mol. The Morgan fingerprint density at radius 2 is 1.60 bits per heavy atom. The van der Waals surface area contributed by atoms with Gasteiger partial charge >= 0.3 is 0 Å². The number of hydrogen-bond donors (Lipinski definition) is 2. The van der Waals surface area contributed by atoms with E-state index in [0.29, 0.717) is 57.3 Å². The number of nitrogens with one attached hydrogen (secondary N) is 1. The van der Waals surface area contributed by atoms with Crippen LogP contribution < -0.4 is 20.5 Å². The van der Waals surface area contributed by atoms with Gasteiger partial charge in [0.15, 0.2) is 0 Å². The maximum absolute atomic E-state index is 12.8. The molecule has 2 aromatic carbocycles. The van der Waals surface area contributed by atoms with E-state index in [9.17, 15) is 14.4 Å². The van der Waals surface area contributed by atoms with Crippen LogP contribution in [0.2, 0.25) is 0 Å². The van der Waals surface area contributed by atoms with E-state index in [1.807, 2.05) is 37.3 Å². The number of carbonyl (C=O) groups excluding carboxylic acids is 3. The van der Waals surface area contributed by atoms with Crippen molar-refractivity contribution >= 4 is 30.1 Å². The minimum atomic E-state index is -0.621. The Bertz CT molecular complexity index is 1190. The molecular weight excluding hydrogens is 562 g/mol. The Labute approximate surface area is 253 Å². The molecule has 2 aliphatic heterocycles. The highest BCUT2D eigenvalue weighted by atomic mass is 35.5. The summed E-state index contributed by atoms with van der Waals surface area (Å²) in [5.74, 6) is 0.610. The van der Waals surface area contributed by atoms with Crippen molar-refractivity contribution in [2.45, 2.75) is 64.1 Å². The zero-order valence-electron chi connectivity index (χ0n) is 24.2. The molecule has 2 atom stereocenters. The number of ether oxygens (including phenoxy) is 4. The average Bonchev–Trinajstić information content (AvgIpc) is 3.28. The molecule has 2 heterocycles. The first-order valence-corrected chi connectivity index (χ1v) is 14.5. The predicted molar refractivity (Wildman–Crippen MR) is 160 cm³/mol. The second-order valence-corrected chi connectivity index (χ2v) is 10.4. The van der Waals surface area contributed by atoms with Crippen LogP contribution >= 0.6 is 12.4 Å². The summed E-state index contributed by atoms with van der Waals surface area (Å²) < 4.78 is 22.9. The number of imide groups is 1. The summed E-state index contributed by atoms with van der Waals surface area (Å²) in [4.78, 5) is 37.9. The molecule has 3 amide bonds. The van der Waals surface area contributed by atoms with Crippen molar-refractivity contribution < 1.29 is 33.3 Å². The van der Waals surface area contributed by atoms with Gasteiger partial charge in [-0.15, -0.1) is 12.4 Å². The highest BCUT2D eigenvalue weighted by Gasteiger charge is 2.39. The SMILES string of the molecule is C[C@@H](N)c1cccc(OCCCCCOCCCOCCOc2ccc3c(c2)CN(C2CCC(=O)NC2=O)C3=O)c1.Cl. The predicted octanol–water partition coefficient (Wildman–Crippen LogP) is 3.94. The fourth-order valence-corrected chi connectivity index (χ4v) is 4.89. The van der Waals surface area contributed by atoms with E-state index in [1.165, 1.54) is 4.90 Å². The molecule has 230 valence electrons. The Morgan fingerprint density at radius 1 is 0.881 bits per heavy atom. The van der Waals surface area contributed by atoms with Gasteiger partial charge in [0.25, 0.3) is 5.91 Å². The van der Waals surface area contributed by atoms with Gasteiger partial charge in [-0.3, -0.25) is 19.7 Å². The molecule has 1 fully saturated rings. The summed E-state index contributed by atoms with van der Waals surface area (Å²) in [5, 5.41) is 2.32. The standard InChI is InChI=1S/C31H41N3O7.ClH/c1-22(32)23-7-5-8-25(19-23)40-16-4-2-3-13-38-14-6-15-39-17-18-41-26-9-10-27-24(20-26)21-34(31(27)37)28-11-12-29(35)33-30(28)36;/h5,7-10,19-20,22,28H,2-4,6,11-18,21,32H2,1H3,(H,33,35,36);1H/t22-,28?;/m1./s1. The fourth-order valence-electron chi connectivity index (χ4n) is 4.89. The van der Waals surface area contributed by atoms with Crippen LogP contribution in [0.1, 0.15) is 73.0 Å². The number of carbonyl (C=O) groups is 3. The third-order valence-corrected chi connectivity index (χ3v) is 7.15. The van der Waals surface area contributed by atoms with Crippen LogP contribution in [0.25, 0.3) is 0 Å². The van der Waals surface area contributed by atoms with Crippen LogP contribution in [-0.4, -0.2) is 68.3 Å². The molecule has 3 N–H and O–H groups in total. The summed E-state index contributed by atoms with van der Waals surface area (Å²) in [6, 6.07) is 12.6. The first kappa shape index (κ1) is 33.3. The lowest BCUT2D eigenvalue weighted by molar-refractivity contribution is -0.136. The topological polar surface area (TPSA) is 129 Å². The minimum Gasteiger partial charge on any atom is -0.494 e. The molecule has 0 aliphatic carbocycles. The van der Waals surface area contributed by atoms with E-state index in [2.05, 4.69) is 5.32 Å². The van der Waals surface area contributed by atoms with E-state index < -0.39 is 11.9 Å². The molecule has 0 bridgehead atoms. The second kappa shape index (κ2) is 17.1. The number of fused-ring (bicyclic) bond motifs is 1. The molecule has 11 heteroatoms. The quantitative estimate of drug-likeness (QED) is 0.205. The van der Waals surface area contributed by atoms with Gasteiger partial charge in [0.1, 0.15) is 24.1 Å². The molecule has 0 aromatic heterocycles. The number of hydrogen-bond acceptors (Lipinski definition) is 8. The van der Waals surface area contributed by atoms with Gasteiger partial charge in [-0.1, -0.05) is 12.1 Å². The van der Waals surface area contributed by atoms with Crippen molar-refractivity contribution in [3.63, 3.8) is 0 Å². The van der Waals surface area contributed by atoms with Gasteiger partial charge in [0, 0.05) is 44.4 Å². The molecule has 1 saturated heterocycles. The molecule has 2 aromatic rings. The zero-order chi connectivity index (χ0) is 29.0. The summed E-state index contributed by atoms with van der Waals surface area (Å²) in [5.41, 5.74) is 8.37. The third-order valence-electron chi connectivity index (χ3n) is 7.15. The maximum atomic E-state index is 12.8. The zero-order valence-corrected chi connectivity index (χ0v) is 25.0. The van der Waals surface area contributed by atoms with Crippen molar-refractivity contribution in [2.75, 3.05) is 39.6 Å². The van der Waals surface area contributed by atoms with Crippen LogP contribution in [-0.2, 0) is 25.6 Å². The molecule has 1 unspecified atom stereocenters. The smallest absolute Gasteiger partial charge is 0.255 e. The Morgan fingerprint density at radius 3 is 2.38 bits per heavy atom. The maximum Gasteiger partial charge on any atom is 0.255 e. The second-order valence-electron chi connectivity index (χ2n) is 10.4. The molecule has 0 spiro atoms. The number of nitrogens with two attached hydrogens (primary N) is 1. The van der Waals surface area contributed by atoms with Crippen molar-refractivity contribution in [3.8, 4) is 11.5 Å². The molecule has 42 heavy (non-hydrogen) atoms. The van der Waals surface area contributed by atoms with Crippen LogP contribution in [0.3, 0.4) is 0 Å². The molecule has 10 nitrogen and oxygen atoms in total. The number of piperidine rings is 1. The van der Waals surface area contributed by atoms with E-state index >= 15 is 0 Å². The summed E-state index contributed by atoms with van der Waals surface area (Å²) in [6.07, 6.45) is 4.42. The number of benzene rings is 2. The van der Waals surface area contributed by atoms with Crippen LogP contribution in [0, 0.1) is 0 Å². The van der Waals surface area contributed by atoms with E-state index in [0.717, 1.165) is 49.2 Å². The Kier molecular flexibility index (Phi) is 13.5. The summed E-state index contributed by atoms with van der Waals surface area (Å²) >= 11 is 0. The third kappa shape index (κ3) is 9.69. The average molecular weight is 604 g/mol. The van der Waals surface area contributed by atoms with Crippen molar-refractivity contribution in [1.29, 1.82) is 0 Å². The first-order chi connectivity index (χ1) is 19.9. The summed E-state index contributed by atoms with van der Waals surface area (Å²) in [6.45, 7) is 5.79. The first-order valence-electron chi connectivity index (χ1n) is 14.5. The molecular formula is C31H42ClN3O7. The van der Waals surface area contributed by atoms with E-state index in [4.69, 9.17) is 24.7 Å². The highest BCUT2D eigenvalue weighted by Crippen LogP contribution is 2.30. The largest absolute Gasteiger partial charge is 0.494 e. The number of nitrogens with zero attached hydrogens (tertiary/aromatic N) is 1. The molecule has 0 radical (unpaired) electrons. The summed E-state index contributed by atoms with van der Waals surface area (Å²) in [7, 11) is 0. The van der Waals surface area contributed by atoms with Crippen LogP contribution in [0.5, 0.6) is 11.5 Å². The lowest BCUT2D eigenvalue weighted by Crippen LogP contribution is -2.52. The highest BCUT2D eigenvalue weighted by molar-refractivity contribution is 6.05. The Balaban J connectivity index is 0.00000484. The molecule has 4 rings (SSSR count). The van der Waals surface area contributed by atoms with Crippen molar-refractivity contribution in [2.24, 2.45) is 5.73 Å². The normalized spacial score (nSPS) is 17.0. The molecule has 0 saturated carbocycles. The van der Waals surface area contributed by atoms with Gasteiger partial charge in [0.05, 0.1) is 13.2 Å². The van der Waals surface area contributed by atoms with Gasteiger partial charge < -0.3 is 29.6 Å². The van der Waals surface area contributed by atoms with Gasteiger partial charge in [-0.05, 0) is 80.5 Å². The van der Waals surface area contributed by atoms with E-state index in [1.54, 1.807) is 12.1 Å². The lowest BCUT2D eigenvalue weighted by Gasteiger charge is -2.29. The van der Waals surface area contributed by atoms with Crippen LogP contribution in [0.15, 0.2) is 42.5 Å². The van der Waals surface area contributed by atoms with Crippen molar-refractivity contribution in [3.05, 3.63) is 59.2 Å². The number of rotatable bonds is 17. The minimum absolute atomic E-state index is 0. The van der Waals surface area contributed by atoms with Gasteiger partial charge in [0.2, 0.25) is 11.8 Å². The number of unbranched alkanes of at least 4 members (excludes halogenated alkanes) is 2. The number of amides is 3.